The van der Waals surface area contributed by atoms with E-state index in [1.807, 2.05) is 0 Å². The van der Waals surface area contributed by atoms with Gasteiger partial charge >= 0.3 is 0 Å². The zero-order valence-electron chi connectivity index (χ0n) is 9.87. The molecule has 0 aliphatic rings. The smallest absolute Gasteiger partial charge is 0.166 e. The van der Waals surface area contributed by atoms with E-state index in [9.17, 15) is 0 Å². The van der Waals surface area contributed by atoms with Gasteiger partial charge in [-0.05, 0) is 38.2 Å². The number of nitrogens with one attached hydrogen (secondary N) is 2. The summed E-state index contributed by atoms with van der Waals surface area (Å²) in [6.07, 6.45) is 0. The van der Waals surface area contributed by atoms with Gasteiger partial charge in [0.15, 0.2) is 5.11 Å². The highest BCUT2D eigenvalue weighted by Crippen LogP contribution is 2.21. The van der Waals surface area contributed by atoms with Gasteiger partial charge in [-0.1, -0.05) is 0 Å². The molecule has 0 bridgehead atoms. The van der Waals surface area contributed by atoms with Crippen molar-refractivity contribution in [1.82, 2.24) is 10.6 Å². The third-order valence-electron chi connectivity index (χ3n) is 2.13. The highest BCUT2D eigenvalue weighted by atomic mass is 32.1. The Morgan fingerprint density at radius 3 is 2.88 bits per heavy atom. The summed E-state index contributed by atoms with van der Waals surface area (Å²) in [5, 5.41) is 7.01. The van der Waals surface area contributed by atoms with E-state index in [0.717, 1.165) is 6.54 Å². The molecule has 1 aromatic rings. The van der Waals surface area contributed by atoms with E-state index in [-0.39, 0.29) is 6.04 Å². The van der Waals surface area contributed by atoms with Crippen molar-refractivity contribution < 1.29 is 4.74 Å². The van der Waals surface area contributed by atoms with E-state index >= 15 is 0 Å². The molecule has 1 heterocycles. The molecular weight excluding hydrogens is 240 g/mol. The minimum absolute atomic E-state index is 0.251. The van der Waals surface area contributed by atoms with Crippen LogP contribution in [0.25, 0.3) is 0 Å². The number of aryl methyl sites for hydroxylation is 1. The Morgan fingerprint density at radius 1 is 1.56 bits per heavy atom. The number of hydrogen-bond acceptors (Lipinski definition) is 3. The lowest BCUT2D eigenvalue weighted by Gasteiger charge is -2.15. The van der Waals surface area contributed by atoms with Crippen molar-refractivity contribution in [2.45, 2.75) is 19.9 Å². The molecule has 0 aliphatic carbocycles. The minimum atomic E-state index is 0.251. The topological polar surface area (TPSA) is 33.3 Å². The largest absolute Gasteiger partial charge is 0.383 e. The second kappa shape index (κ2) is 6.83. The fourth-order valence-corrected chi connectivity index (χ4v) is 2.43. The molecule has 1 unspecified atom stereocenters. The second-order valence-electron chi connectivity index (χ2n) is 3.56. The van der Waals surface area contributed by atoms with Crippen molar-refractivity contribution in [1.29, 1.82) is 0 Å². The van der Waals surface area contributed by atoms with Crippen LogP contribution in [0.2, 0.25) is 0 Å². The Morgan fingerprint density at radius 2 is 2.31 bits per heavy atom. The van der Waals surface area contributed by atoms with Crippen molar-refractivity contribution in [3.05, 3.63) is 21.9 Å². The first-order valence-corrected chi connectivity index (χ1v) is 6.45. The molecule has 0 fully saturated rings. The number of thiophene rings is 1. The summed E-state index contributed by atoms with van der Waals surface area (Å²) in [6.45, 7) is 5.61. The lowest BCUT2D eigenvalue weighted by molar-refractivity contribution is 0.204. The maximum Gasteiger partial charge on any atom is 0.166 e. The molecule has 0 radical (unpaired) electrons. The standard InChI is InChI=1S/C11H18N2OS2/c1-8-4-5-10(16-8)9(2)13-11(15)12-6-7-14-3/h4-5,9H,6-7H2,1-3H3,(H2,12,13,15). The normalized spacial score (nSPS) is 12.2. The van der Waals surface area contributed by atoms with E-state index in [2.05, 4.69) is 36.6 Å². The van der Waals surface area contributed by atoms with Gasteiger partial charge in [0.1, 0.15) is 0 Å². The Kier molecular flexibility index (Phi) is 5.73. The van der Waals surface area contributed by atoms with Crippen LogP contribution in [0.4, 0.5) is 0 Å². The summed E-state index contributed by atoms with van der Waals surface area (Å²) in [7, 11) is 1.68. The summed E-state index contributed by atoms with van der Waals surface area (Å²) in [5.41, 5.74) is 0. The fraction of sp³-hybridized carbons (Fsp3) is 0.545. The predicted molar refractivity (Wildman–Crippen MR) is 73.1 cm³/mol. The van der Waals surface area contributed by atoms with Gasteiger partial charge in [-0.25, -0.2) is 0 Å². The van der Waals surface area contributed by atoms with Crippen molar-refractivity contribution >= 4 is 28.7 Å². The van der Waals surface area contributed by atoms with Crippen molar-refractivity contribution in [2.75, 3.05) is 20.3 Å². The average Bonchev–Trinajstić information content (AvgIpc) is 2.65. The summed E-state index contributed by atoms with van der Waals surface area (Å²) >= 11 is 6.97. The number of thiocarbonyl (C=S) groups is 1. The lowest BCUT2D eigenvalue weighted by Crippen LogP contribution is -2.38. The summed E-state index contributed by atoms with van der Waals surface area (Å²) < 4.78 is 4.94. The van der Waals surface area contributed by atoms with E-state index in [1.54, 1.807) is 18.4 Å². The molecule has 0 aromatic carbocycles. The molecule has 16 heavy (non-hydrogen) atoms. The van der Waals surface area contributed by atoms with E-state index in [0.29, 0.717) is 11.7 Å². The van der Waals surface area contributed by atoms with Gasteiger partial charge in [0.05, 0.1) is 12.6 Å². The molecule has 1 rings (SSSR count). The van der Waals surface area contributed by atoms with Crippen molar-refractivity contribution in [2.24, 2.45) is 0 Å². The zero-order chi connectivity index (χ0) is 12.0. The van der Waals surface area contributed by atoms with Crippen LogP contribution in [-0.2, 0) is 4.74 Å². The number of rotatable bonds is 5. The zero-order valence-corrected chi connectivity index (χ0v) is 11.5. The molecule has 3 nitrogen and oxygen atoms in total. The highest BCUT2D eigenvalue weighted by Gasteiger charge is 2.08. The fourth-order valence-electron chi connectivity index (χ4n) is 1.27. The van der Waals surface area contributed by atoms with Crippen molar-refractivity contribution in [3.63, 3.8) is 0 Å². The molecule has 90 valence electrons. The van der Waals surface area contributed by atoms with Gasteiger partial charge < -0.3 is 15.4 Å². The van der Waals surface area contributed by atoms with Crippen LogP contribution in [0.3, 0.4) is 0 Å². The van der Waals surface area contributed by atoms with Crippen LogP contribution in [0.1, 0.15) is 22.7 Å². The predicted octanol–water partition coefficient (Wildman–Crippen LogP) is 2.23. The molecule has 0 saturated heterocycles. The Hall–Kier alpha value is -0.650. The number of hydrogen-bond donors (Lipinski definition) is 2. The first-order valence-electron chi connectivity index (χ1n) is 5.23. The van der Waals surface area contributed by atoms with Gasteiger partial charge in [0.2, 0.25) is 0 Å². The van der Waals surface area contributed by atoms with E-state index < -0.39 is 0 Å². The SMILES string of the molecule is COCCNC(=S)NC(C)c1ccc(C)s1. The molecule has 0 saturated carbocycles. The quantitative estimate of drug-likeness (QED) is 0.627. The minimum Gasteiger partial charge on any atom is -0.383 e. The van der Waals surface area contributed by atoms with Gasteiger partial charge in [0.25, 0.3) is 0 Å². The average molecular weight is 258 g/mol. The summed E-state index contributed by atoms with van der Waals surface area (Å²) in [5.74, 6) is 0. The van der Waals surface area contributed by atoms with Crippen LogP contribution in [0, 0.1) is 6.92 Å². The Balaban J connectivity index is 2.33. The Labute approximate surface area is 106 Å². The maximum atomic E-state index is 5.18. The molecular formula is C11H18N2OS2. The monoisotopic (exact) mass is 258 g/mol. The molecule has 1 aromatic heterocycles. The van der Waals surface area contributed by atoms with Gasteiger partial charge in [-0.2, -0.15) is 0 Å². The molecule has 0 aliphatic heterocycles. The van der Waals surface area contributed by atoms with Gasteiger partial charge in [-0.3, -0.25) is 0 Å². The summed E-state index contributed by atoms with van der Waals surface area (Å²) in [6, 6.07) is 4.51. The first-order chi connectivity index (χ1) is 7.63. The van der Waals surface area contributed by atoms with E-state index in [1.165, 1.54) is 9.75 Å². The first kappa shape index (κ1) is 13.4. The third kappa shape index (κ3) is 4.47. The second-order valence-corrected chi connectivity index (χ2v) is 5.29. The van der Waals surface area contributed by atoms with Gasteiger partial charge in [-0.15, -0.1) is 11.3 Å². The third-order valence-corrected chi connectivity index (χ3v) is 3.57. The maximum absolute atomic E-state index is 5.18. The van der Waals surface area contributed by atoms with E-state index in [4.69, 9.17) is 17.0 Å². The molecule has 0 spiro atoms. The highest BCUT2D eigenvalue weighted by molar-refractivity contribution is 7.80. The lowest BCUT2D eigenvalue weighted by atomic mass is 10.3. The number of ether oxygens (including phenoxy) is 1. The van der Waals surface area contributed by atoms with Gasteiger partial charge in [0, 0.05) is 23.4 Å². The molecule has 5 heteroatoms. The van der Waals surface area contributed by atoms with Crippen LogP contribution in [-0.4, -0.2) is 25.4 Å². The Bertz CT molecular complexity index is 338. The molecule has 0 amide bonds. The van der Waals surface area contributed by atoms with Crippen LogP contribution < -0.4 is 10.6 Å². The molecule has 2 N–H and O–H groups in total. The van der Waals surface area contributed by atoms with Crippen LogP contribution in [0.15, 0.2) is 12.1 Å². The summed E-state index contributed by atoms with van der Waals surface area (Å²) in [4.78, 5) is 2.62. The molecule has 1 atom stereocenters. The van der Waals surface area contributed by atoms with Crippen LogP contribution >= 0.6 is 23.6 Å². The number of methoxy groups -OCH3 is 1. The van der Waals surface area contributed by atoms with Crippen molar-refractivity contribution in [3.8, 4) is 0 Å². The van der Waals surface area contributed by atoms with Crippen LogP contribution in [0.5, 0.6) is 0 Å².